The topological polar surface area (TPSA) is 113 Å². The van der Waals surface area contributed by atoms with Gasteiger partial charge in [-0.25, -0.2) is 4.79 Å². The van der Waals surface area contributed by atoms with Crippen molar-refractivity contribution in [1.29, 1.82) is 0 Å². The van der Waals surface area contributed by atoms with Crippen LogP contribution in [0.1, 0.15) is 30.1 Å². The molecule has 11 nitrogen and oxygen atoms in total. The summed E-state index contributed by atoms with van der Waals surface area (Å²) >= 11 is 0. The Morgan fingerprint density at radius 3 is 2.76 bits per heavy atom. The number of carbonyl (C=O) groups is 1. The van der Waals surface area contributed by atoms with Gasteiger partial charge in [0.2, 0.25) is 11.8 Å². The molecule has 1 aromatic carbocycles. The highest BCUT2D eigenvalue weighted by atomic mass is 16.4. The molecule has 34 heavy (non-hydrogen) atoms. The lowest BCUT2D eigenvalue weighted by atomic mass is 10.1. The minimum atomic E-state index is -0.536. The number of hydrogen-bond acceptors (Lipinski definition) is 9. The van der Waals surface area contributed by atoms with Gasteiger partial charge in [-0.3, -0.25) is 4.79 Å². The number of aryl methyl sites for hydroxylation is 1. The maximum Gasteiger partial charge on any atom is 0.437 e. The Labute approximate surface area is 197 Å². The summed E-state index contributed by atoms with van der Waals surface area (Å²) in [6.45, 7) is 4.04. The monoisotopic (exact) mass is 464 g/mol. The largest absolute Gasteiger partial charge is 0.437 e. The molecule has 0 aliphatic carbocycles. The quantitative estimate of drug-likeness (QED) is 0.605. The molecule has 2 aliphatic heterocycles. The molecule has 2 aromatic heterocycles. The van der Waals surface area contributed by atoms with Gasteiger partial charge in [0.05, 0.1) is 0 Å². The van der Waals surface area contributed by atoms with Crippen LogP contribution < -0.4 is 25.8 Å². The fourth-order valence-electron chi connectivity index (χ4n) is 4.62. The average Bonchev–Trinajstić information content (AvgIpc) is 3.40. The lowest BCUT2D eigenvalue weighted by molar-refractivity contribution is 0.0988. The van der Waals surface area contributed by atoms with Crippen molar-refractivity contribution >= 4 is 29.2 Å². The molecule has 1 amide bonds. The van der Waals surface area contributed by atoms with Crippen LogP contribution in [0.25, 0.3) is 11.5 Å². The van der Waals surface area contributed by atoms with Crippen LogP contribution in [0.3, 0.4) is 0 Å². The standard InChI is InChI=1S/C23H28N8O3/c1-5-24-22-25-18(28(2)3)17-19(26-22)30-11-7-10-16(30)13-31(21(17)32)15-9-6-8-14(12-15)20-27-29(4)23(33)34-20/h6,8-9,12,16H,5,7,10-11,13H2,1-4H3,(H,24,25,26). The summed E-state index contributed by atoms with van der Waals surface area (Å²) in [5.74, 6) is 1.30. The molecule has 1 N–H and O–H groups in total. The maximum atomic E-state index is 14.0. The normalized spacial score (nSPS) is 17.4. The summed E-state index contributed by atoms with van der Waals surface area (Å²) in [5.41, 5.74) is 1.82. The molecule has 11 heteroatoms. The lowest BCUT2D eigenvalue weighted by Gasteiger charge is -2.27. The summed E-state index contributed by atoms with van der Waals surface area (Å²) in [6, 6.07) is 7.50. The van der Waals surface area contributed by atoms with Gasteiger partial charge in [0.15, 0.2) is 0 Å². The van der Waals surface area contributed by atoms with Gasteiger partial charge in [0, 0.05) is 58.1 Å². The molecule has 5 rings (SSSR count). The Balaban J connectivity index is 1.64. The molecule has 1 atom stereocenters. The van der Waals surface area contributed by atoms with Gasteiger partial charge in [0.25, 0.3) is 5.91 Å². The highest BCUT2D eigenvalue weighted by Crippen LogP contribution is 2.38. The minimum absolute atomic E-state index is 0.140. The second-order valence-electron chi connectivity index (χ2n) is 8.75. The first-order valence-corrected chi connectivity index (χ1v) is 11.4. The van der Waals surface area contributed by atoms with Crippen molar-refractivity contribution in [3.63, 3.8) is 0 Å². The van der Waals surface area contributed by atoms with E-state index in [2.05, 4.69) is 20.3 Å². The zero-order valence-corrected chi connectivity index (χ0v) is 19.8. The van der Waals surface area contributed by atoms with E-state index < -0.39 is 5.76 Å². The van der Waals surface area contributed by atoms with Gasteiger partial charge in [-0.05, 0) is 38.0 Å². The van der Waals surface area contributed by atoms with Crippen LogP contribution in [0.4, 0.5) is 23.3 Å². The van der Waals surface area contributed by atoms with Crippen LogP contribution in [0.15, 0.2) is 33.5 Å². The fraction of sp³-hybridized carbons (Fsp3) is 0.435. The molecule has 1 saturated heterocycles. The number of nitrogens with one attached hydrogen (secondary N) is 1. The van der Waals surface area contributed by atoms with E-state index in [0.717, 1.165) is 24.1 Å². The van der Waals surface area contributed by atoms with Gasteiger partial charge in [-0.15, -0.1) is 5.10 Å². The molecule has 0 bridgehead atoms. The van der Waals surface area contributed by atoms with E-state index in [9.17, 15) is 9.59 Å². The minimum Gasteiger partial charge on any atom is -0.388 e. The molecule has 178 valence electrons. The van der Waals surface area contributed by atoms with E-state index in [0.29, 0.717) is 47.5 Å². The second-order valence-corrected chi connectivity index (χ2v) is 8.75. The third-order valence-corrected chi connectivity index (χ3v) is 6.22. The lowest BCUT2D eigenvalue weighted by Crippen LogP contribution is -2.39. The van der Waals surface area contributed by atoms with Gasteiger partial charge in [0.1, 0.15) is 17.2 Å². The highest BCUT2D eigenvalue weighted by molar-refractivity contribution is 6.13. The molecule has 0 spiro atoms. The van der Waals surface area contributed by atoms with Gasteiger partial charge < -0.3 is 24.4 Å². The number of aromatic nitrogens is 4. The van der Waals surface area contributed by atoms with Crippen molar-refractivity contribution in [2.75, 3.05) is 53.7 Å². The van der Waals surface area contributed by atoms with Crippen molar-refractivity contribution in [2.45, 2.75) is 25.8 Å². The van der Waals surface area contributed by atoms with Crippen LogP contribution >= 0.6 is 0 Å². The highest BCUT2D eigenvalue weighted by Gasteiger charge is 2.39. The number of hydrogen-bond donors (Lipinski definition) is 1. The van der Waals surface area contributed by atoms with Crippen LogP contribution in [-0.2, 0) is 7.05 Å². The SMILES string of the molecule is CCNc1nc(N(C)C)c2c(n1)N1CCCC1CN(c1cccc(-c3nn(C)c(=O)o3)c1)C2=O. The smallest absolute Gasteiger partial charge is 0.388 e. The fourth-order valence-corrected chi connectivity index (χ4v) is 4.62. The molecule has 1 unspecified atom stereocenters. The van der Waals surface area contributed by atoms with Crippen LogP contribution in [0, 0.1) is 0 Å². The Bertz CT molecular complexity index is 1300. The molecule has 0 saturated carbocycles. The van der Waals surface area contributed by atoms with Crippen molar-refractivity contribution in [1.82, 2.24) is 19.7 Å². The maximum absolute atomic E-state index is 14.0. The summed E-state index contributed by atoms with van der Waals surface area (Å²) in [7, 11) is 5.30. The Morgan fingerprint density at radius 1 is 1.24 bits per heavy atom. The number of carbonyl (C=O) groups excluding carboxylic acids is 1. The van der Waals surface area contributed by atoms with Crippen LogP contribution in [-0.4, -0.2) is 65.4 Å². The predicted molar refractivity (Wildman–Crippen MR) is 130 cm³/mol. The summed E-state index contributed by atoms with van der Waals surface area (Å²) in [4.78, 5) is 41.1. The van der Waals surface area contributed by atoms with Gasteiger partial charge >= 0.3 is 5.76 Å². The predicted octanol–water partition coefficient (Wildman–Crippen LogP) is 1.96. The number of amides is 1. The zero-order valence-electron chi connectivity index (χ0n) is 19.8. The first-order valence-electron chi connectivity index (χ1n) is 11.4. The van der Waals surface area contributed by atoms with Crippen LogP contribution in [0.5, 0.6) is 0 Å². The second kappa shape index (κ2) is 8.47. The number of rotatable bonds is 5. The number of fused-ring (bicyclic) bond motifs is 3. The zero-order chi connectivity index (χ0) is 24.0. The number of anilines is 4. The number of benzene rings is 1. The number of nitrogens with zero attached hydrogens (tertiary/aromatic N) is 7. The van der Waals surface area contributed by atoms with Crippen molar-refractivity contribution < 1.29 is 9.21 Å². The van der Waals surface area contributed by atoms with Crippen molar-refractivity contribution in [3.8, 4) is 11.5 Å². The Kier molecular flexibility index (Phi) is 5.46. The molecule has 1 fully saturated rings. The Morgan fingerprint density at radius 2 is 2.06 bits per heavy atom. The molecule has 3 aromatic rings. The van der Waals surface area contributed by atoms with E-state index >= 15 is 0 Å². The molecular formula is C23H28N8O3. The third-order valence-electron chi connectivity index (χ3n) is 6.22. The Hall–Kier alpha value is -3.89. The molecule has 2 aliphatic rings. The summed E-state index contributed by atoms with van der Waals surface area (Å²) in [6.07, 6.45) is 2.00. The van der Waals surface area contributed by atoms with Crippen molar-refractivity contribution in [2.24, 2.45) is 7.05 Å². The van der Waals surface area contributed by atoms with E-state index in [1.54, 1.807) is 4.90 Å². The van der Waals surface area contributed by atoms with E-state index in [1.165, 1.54) is 7.05 Å². The molecule has 0 radical (unpaired) electrons. The van der Waals surface area contributed by atoms with Crippen LogP contribution in [0.2, 0.25) is 0 Å². The van der Waals surface area contributed by atoms with Gasteiger partial charge in [-0.2, -0.15) is 14.6 Å². The third kappa shape index (κ3) is 3.66. The summed E-state index contributed by atoms with van der Waals surface area (Å²) < 4.78 is 6.40. The average molecular weight is 465 g/mol. The van der Waals surface area contributed by atoms with E-state index in [4.69, 9.17) is 9.40 Å². The molecule has 4 heterocycles. The van der Waals surface area contributed by atoms with Crippen molar-refractivity contribution in [3.05, 3.63) is 40.4 Å². The van der Waals surface area contributed by atoms with E-state index in [1.807, 2.05) is 50.2 Å². The first-order chi connectivity index (χ1) is 16.4. The first kappa shape index (κ1) is 21.9. The van der Waals surface area contributed by atoms with E-state index in [-0.39, 0.29) is 17.8 Å². The molecular weight excluding hydrogens is 436 g/mol. The van der Waals surface area contributed by atoms with Gasteiger partial charge in [-0.1, -0.05) is 6.07 Å². The summed E-state index contributed by atoms with van der Waals surface area (Å²) in [5, 5.41) is 7.35.